The second-order valence-corrected chi connectivity index (χ2v) is 5.02. The summed E-state index contributed by atoms with van der Waals surface area (Å²) in [6, 6.07) is 3.87. The molecule has 1 aliphatic heterocycles. The Morgan fingerprint density at radius 3 is 2.79 bits per heavy atom. The normalized spacial score (nSPS) is 19.3. The monoisotopic (exact) mass is 331 g/mol. The van der Waals surface area contributed by atoms with Crippen molar-refractivity contribution in [3.8, 4) is 0 Å². The van der Waals surface area contributed by atoms with Crippen molar-refractivity contribution in [1.29, 1.82) is 0 Å². The maximum absolute atomic E-state index is 13.2. The standard InChI is InChI=1S/C12H11BrFNO4/c13-8-3-7(4-9(14)5-8)11(16)15-1-2-19-10(6-15)12(17)18/h3-5,10H,1-2,6H2,(H,17,18)/t10-/m0/s1. The van der Waals surface area contributed by atoms with Gasteiger partial charge in [-0.15, -0.1) is 0 Å². The minimum atomic E-state index is -1.11. The minimum absolute atomic E-state index is 0.0394. The molecule has 19 heavy (non-hydrogen) atoms. The first-order valence-electron chi connectivity index (χ1n) is 5.57. The van der Waals surface area contributed by atoms with Crippen LogP contribution >= 0.6 is 15.9 Å². The lowest BCUT2D eigenvalue weighted by Gasteiger charge is -2.30. The van der Waals surface area contributed by atoms with Crippen molar-refractivity contribution < 1.29 is 23.8 Å². The molecular formula is C12H11BrFNO4. The Bertz CT molecular complexity index is 502. The van der Waals surface area contributed by atoms with E-state index in [0.717, 1.165) is 6.07 Å². The topological polar surface area (TPSA) is 66.8 Å². The number of rotatable bonds is 2. The average Bonchev–Trinajstić information content (AvgIpc) is 2.37. The smallest absolute Gasteiger partial charge is 0.334 e. The molecule has 1 atom stereocenters. The minimum Gasteiger partial charge on any atom is -0.479 e. The first-order valence-corrected chi connectivity index (χ1v) is 6.36. The molecule has 1 aromatic carbocycles. The largest absolute Gasteiger partial charge is 0.479 e. The van der Waals surface area contributed by atoms with Crippen molar-refractivity contribution >= 4 is 27.8 Å². The molecule has 0 bridgehead atoms. The van der Waals surface area contributed by atoms with Gasteiger partial charge in [0.25, 0.3) is 5.91 Å². The van der Waals surface area contributed by atoms with Crippen molar-refractivity contribution in [2.24, 2.45) is 0 Å². The molecule has 0 saturated carbocycles. The number of carboxylic acids is 1. The predicted octanol–water partition coefficient (Wildman–Crippen LogP) is 1.51. The van der Waals surface area contributed by atoms with E-state index in [2.05, 4.69) is 15.9 Å². The van der Waals surface area contributed by atoms with E-state index in [0.29, 0.717) is 4.47 Å². The van der Waals surface area contributed by atoms with Gasteiger partial charge in [0.05, 0.1) is 13.2 Å². The molecule has 7 heteroatoms. The third-order valence-electron chi connectivity index (χ3n) is 2.74. The van der Waals surface area contributed by atoms with E-state index in [9.17, 15) is 14.0 Å². The zero-order valence-corrected chi connectivity index (χ0v) is 11.4. The van der Waals surface area contributed by atoms with E-state index < -0.39 is 23.8 Å². The summed E-state index contributed by atoms with van der Waals surface area (Å²) in [6.07, 6.45) is -1.03. The van der Waals surface area contributed by atoms with Crippen molar-refractivity contribution in [3.63, 3.8) is 0 Å². The van der Waals surface area contributed by atoms with E-state index in [4.69, 9.17) is 9.84 Å². The summed E-state index contributed by atoms with van der Waals surface area (Å²) in [5.41, 5.74) is 0.179. The number of amides is 1. The third-order valence-corrected chi connectivity index (χ3v) is 3.20. The Morgan fingerprint density at radius 2 is 2.16 bits per heavy atom. The molecule has 1 saturated heterocycles. The summed E-state index contributed by atoms with van der Waals surface area (Å²) >= 11 is 3.11. The SMILES string of the molecule is O=C(O)[C@@H]1CN(C(=O)c2cc(F)cc(Br)c2)CCO1. The number of carbonyl (C=O) groups is 2. The molecule has 1 N–H and O–H groups in total. The van der Waals surface area contributed by atoms with Crippen LogP contribution in [0.1, 0.15) is 10.4 Å². The zero-order valence-electron chi connectivity index (χ0n) is 9.81. The summed E-state index contributed by atoms with van der Waals surface area (Å²) in [7, 11) is 0. The van der Waals surface area contributed by atoms with Crippen LogP contribution in [0, 0.1) is 5.82 Å². The number of ether oxygens (including phenoxy) is 1. The number of nitrogens with zero attached hydrogens (tertiary/aromatic N) is 1. The van der Waals surface area contributed by atoms with Crippen LogP contribution in [0.25, 0.3) is 0 Å². The van der Waals surface area contributed by atoms with Crippen LogP contribution in [-0.4, -0.2) is 47.7 Å². The molecule has 2 rings (SSSR count). The van der Waals surface area contributed by atoms with Gasteiger partial charge in [0, 0.05) is 16.6 Å². The van der Waals surface area contributed by atoms with E-state index in [1.165, 1.54) is 17.0 Å². The highest BCUT2D eigenvalue weighted by Gasteiger charge is 2.29. The molecular weight excluding hydrogens is 321 g/mol. The van der Waals surface area contributed by atoms with E-state index in [-0.39, 0.29) is 25.3 Å². The molecule has 1 aromatic rings. The van der Waals surface area contributed by atoms with Gasteiger partial charge in [-0.1, -0.05) is 15.9 Å². The van der Waals surface area contributed by atoms with Gasteiger partial charge in [-0.05, 0) is 18.2 Å². The van der Waals surface area contributed by atoms with Gasteiger partial charge in [-0.2, -0.15) is 0 Å². The molecule has 1 amide bonds. The second-order valence-electron chi connectivity index (χ2n) is 4.11. The Balaban J connectivity index is 2.16. The molecule has 0 unspecified atom stereocenters. The van der Waals surface area contributed by atoms with Crippen LogP contribution < -0.4 is 0 Å². The molecule has 0 aliphatic carbocycles. The van der Waals surface area contributed by atoms with Crippen LogP contribution in [0.3, 0.4) is 0 Å². The van der Waals surface area contributed by atoms with Gasteiger partial charge < -0.3 is 14.7 Å². The lowest BCUT2D eigenvalue weighted by molar-refractivity contribution is -0.154. The molecule has 1 heterocycles. The third kappa shape index (κ3) is 3.30. The van der Waals surface area contributed by atoms with E-state index >= 15 is 0 Å². The van der Waals surface area contributed by atoms with Gasteiger partial charge >= 0.3 is 5.97 Å². The van der Waals surface area contributed by atoms with Crippen LogP contribution in [0.15, 0.2) is 22.7 Å². The molecule has 0 radical (unpaired) electrons. The lowest BCUT2D eigenvalue weighted by Crippen LogP contribution is -2.48. The molecule has 1 fully saturated rings. The van der Waals surface area contributed by atoms with Gasteiger partial charge in [-0.25, -0.2) is 9.18 Å². The van der Waals surface area contributed by atoms with Gasteiger partial charge in [0.15, 0.2) is 6.10 Å². The fraction of sp³-hybridized carbons (Fsp3) is 0.333. The van der Waals surface area contributed by atoms with Crippen molar-refractivity contribution in [1.82, 2.24) is 4.90 Å². The van der Waals surface area contributed by atoms with Crippen LogP contribution in [0.4, 0.5) is 4.39 Å². The number of hydrogen-bond donors (Lipinski definition) is 1. The Kier molecular flexibility index (Phi) is 4.16. The summed E-state index contributed by atoms with van der Waals surface area (Å²) in [6.45, 7) is 0.401. The lowest BCUT2D eigenvalue weighted by atomic mass is 10.1. The van der Waals surface area contributed by atoms with Crippen molar-refractivity contribution in [3.05, 3.63) is 34.1 Å². The van der Waals surface area contributed by atoms with Crippen LogP contribution in [-0.2, 0) is 9.53 Å². The number of benzene rings is 1. The fourth-order valence-corrected chi connectivity index (χ4v) is 2.31. The molecule has 102 valence electrons. The highest BCUT2D eigenvalue weighted by Crippen LogP contribution is 2.17. The highest BCUT2D eigenvalue weighted by molar-refractivity contribution is 9.10. The summed E-state index contributed by atoms with van der Waals surface area (Å²) in [4.78, 5) is 24.3. The number of morpholine rings is 1. The first kappa shape index (κ1) is 14.0. The second kappa shape index (κ2) is 5.66. The predicted molar refractivity (Wildman–Crippen MR) is 67.4 cm³/mol. The van der Waals surface area contributed by atoms with Crippen LogP contribution in [0.5, 0.6) is 0 Å². The van der Waals surface area contributed by atoms with Gasteiger partial charge in [0.1, 0.15) is 5.82 Å². The zero-order chi connectivity index (χ0) is 14.0. The Hall–Kier alpha value is -1.47. The molecule has 1 aliphatic rings. The Labute approximate surface area is 117 Å². The number of carboxylic acid groups (broad SMARTS) is 1. The quantitative estimate of drug-likeness (QED) is 0.892. The number of carbonyl (C=O) groups excluding carboxylic acids is 1. The fourth-order valence-electron chi connectivity index (χ4n) is 1.84. The summed E-state index contributed by atoms with van der Waals surface area (Å²) in [5.74, 6) is -2.05. The van der Waals surface area contributed by atoms with Gasteiger partial charge in [-0.3, -0.25) is 4.79 Å². The average molecular weight is 332 g/mol. The van der Waals surface area contributed by atoms with E-state index in [1.54, 1.807) is 0 Å². The molecule has 0 spiro atoms. The molecule has 5 nitrogen and oxygen atoms in total. The summed E-state index contributed by atoms with van der Waals surface area (Å²) in [5, 5.41) is 8.87. The van der Waals surface area contributed by atoms with Crippen molar-refractivity contribution in [2.45, 2.75) is 6.10 Å². The summed E-state index contributed by atoms with van der Waals surface area (Å²) < 4.78 is 18.7. The molecule has 0 aromatic heterocycles. The van der Waals surface area contributed by atoms with Gasteiger partial charge in [0.2, 0.25) is 0 Å². The van der Waals surface area contributed by atoms with E-state index in [1.807, 2.05) is 0 Å². The highest BCUT2D eigenvalue weighted by atomic mass is 79.9. The number of aliphatic carboxylic acids is 1. The number of hydrogen-bond acceptors (Lipinski definition) is 3. The maximum atomic E-state index is 13.2. The van der Waals surface area contributed by atoms with Crippen LogP contribution in [0.2, 0.25) is 0 Å². The first-order chi connectivity index (χ1) is 8.97. The number of halogens is 2. The Morgan fingerprint density at radius 1 is 1.42 bits per heavy atom. The van der Waals surface area contributed by atoms with Crippen molar-refractivity contribution in [2.75, 3.05) is 19.7 Å². The maximum Gasteiger partial charge on any atom is 0.334 e.